The van der Waals surface area contributed by atoms with Crippen LogP contribution in [0.4, 0.5) is 0 Å². The van der Waals surface area contributed by atoms with E-state index in [2.05, 4.69) is 5.32 Å². The largest absolute Gasteiger partial charge is 0.459 e. The molecule has 0 bridgehead atoms. The Bertz CT molecular complexity index is 987. The van der Waals surface area contributed by atoms with Gasteiger partial charge >= 0.3 is 0 Å². The lowest BCUT2D eigenvalue weighted by Crippen LogP contribution is -2.51. The molecule has 0 radical (unpaired) electrons. The third-order valence-electron chi connectivity index (χ3n) is 4.47. The van der Waals surface area contributed by atoms with E-state index in [4.69, 9.17) is 27.6 Å². The summed E-state index contributed by atoms with van der Waals surface area (Å²) in [5.41, 5.74) is 0.221. The fraction of sp³-hybridized carbons (Fsp3) is 0.333. The highest BCUT2D eigenvalue weighted by Gasteiger charge is 2.29. The number of amides is 2. The van der Waals surface area contributed by atoms with Gasteiger partial charge in [0.25, 0.3) is 11.8 Å². The van der Waals surface area contributed by atoms with Gasteiger partial charge in [-0.3, -0.25) is 9.59 Å². The summed E-state index contributed by atoms with van der Waals surface area (Å²) in [5.74, 6) is -0.768. The van der Waals surface area contributed by atoms with Crippen LogP contribution in [0.25, 0.3) is 0 Å². The number of carbonyl (C=O) groups is 2. The predicted molar refractivity (Wildman–Crippen MR) is 109 cm³/mol. The van der Waals surface area contributed by atoms with Gasteiger partial charge < -0.3 is 14.6 Å². The highest BCUT2D eigenvalue weighted by molar-refractivity contribution is 7.89. The lowest BCUT2D eigenvalue weighted by molar-refractivity contribution is 0.0665. The third kappa shape index (κ3) is 5.30. The van der Waals surface area contributed by atoms with Gasteiger partial charge in [0.15, 0.2) is 5.76 Å². The Kier molecular flexibility index (Phi) is 6.84. The maximum atomic E-state index is 12.5. The molecular formula is C18H19Cl2N3O5S. The van der Waals surface area contributed by atoms with E-state index in [0.29, 0.717) is 5.02 Å². The second-order valence-corrected chi connectivity index (χ2v) is 9.30. The van der Waals surface area contributed by atoms with Crippen molar-refractivity contribution in [2.45, 2.75) is 0 Å². The van der Waals surface area contributed by atoms with Crippen molar-refractivity contribution in [2.75, 3.05) is 38.5 Å². The monoisotopic (exact) mass is 459 g/mol. The summed E-state index contributed by atoms with van der Waals surface area (Å²) in [7, 11) is -3.58. The van der Waals surface area contributed by atoms with Crippen LogP contribution in [0.2, 0.25) is 10.0 Å². The summed E-state index contributed by atoms with van der Waals surface area (Å²) in [5, 5.41) is 3.14. The van der Waals surface area contributed by atoms with Crippen molar-refractivity contribution in [1.82, 2.24) is 14.5 Å². The number of benzene rings is 1. The lowest BCUT2D eigenvalue weighted by Gasteiger charge is -2.33. The minimum Gasteiger partial charge on any atom is -0.459 e. The normalized spacial score (nSPS) is 15.3. The summed E-state index contributed by atoms with van der Waals surface area (Å²) in [6.45, 7) is 0.847. The van der Waals surface area contributed by atoms with E-state index < -0.39 is 15.9 Å². The highest BCUT2D eigenvalue weighted by Crippen LogP contribution is 2.20. The summed E-state index contributed by atoms with van der Waals surface area (Å²) in [6, 6.07) is 7.64. The quantitative estimate of drug-likeness (QED) is 0.712. The molecule has 29 heavy (non-hydrogen) atoms. The average molecular weight is 460 g/mol. The Balaban J connectivity index is 1.49. The second kappa shape index (κ2) is 9.17. The average Bonchev–Trinajstić information content (AvgIpc) is 3.22. The van der Waals surface area contributed by atoms with E-state index in [1.807, 2.05) is 0 Å². The molecule has 1 N–H and O–H groups in total. The number of halogens is 2. The van der Waals surface area contributed by atoms with Crippen molar-refractivity contribution in [3.05, 3.63) is 58.0 Å². The predicted octanol–water partition coefficient (Wildman–Crippen LogP) is 2.10. The molecule has 0 saturated carbocycles. The molecule has 8 nitrogen and oxygen atoms in total. The van der Waals surface area contributed by atoms with Crippen molar-refractivity contribution in [2.24, 2.45) is 0 Å². The van der Waals surface area contributed by atoms with E-state index >= 15 is 0 Å². The van der Waals surface area contributed by atoms with Crippen molar-refractivity contribution in [3.8, 4) is 0 Å². The molecule has 0 spiro atoms. The van der Waals surface area contributed by atoms with Gasteiger partial charge in [-0.25, -0.2) is 8.42 Å². The zero-order chi connectivity index (χ0) is 21.0. The number of furan rings is 1. The first-order chi connectivity index (χ1) is 13.8. The Morgan fingerprint density at radius 3 is 2.45 bits per heavy atom. The van der Waals surface area contributed by atoms with Crippen LogP contribution in [0.5, 0.6) is 0 Å². The van der Waals surface area contributed by atoms with Gasteiger partial charge in [0.05, 0.1) is 22.6 Å². The summed E-state index contributed by atoms with van der Waals surface area (Å²) >= 11 is 11.8. The summed E-state index contributed by atoms with van der Waals surface area (Å²) in [4.78, 5) is 26.0. The van der Waals surface area contributed by atoms with Gasteiger partial charge in [0.1, 0.15) is 0 Å². The van der Waals surface area contributed by atoms with E-state index in [1.54, 1.807) is 17.0 Å². The molecule has 1 fully saturated rings. The zero-order valence-corrected chi connectivity index (χ0v) is 17.6. The van der Waals surface area contributed by atoms with E-state index in [0.717, 1.165) is 0 Å². The Morgan fingerprint density at radius 1 is 1.10 bits per heavy atom. The number of nitrogens with zero attached hydrogens (tertiary/aromatic N) is 2. The van der Waals surface area contributed by atoms with Crippen LogP contribution in [0.1, 0.15) is 20.9 Å². The van der Waals surface area contributed by atoms with Crippen LogP contribution in [0.3, 0.4) is 0 Å². The standard InChI is InChI=1S/C18H19Cl2N3O5S/c19-13-3-4-14(15(20)12-13)17(24)21-5-11-29(26,27)23-8-6-22(7-9-23)18(25)16-2-1-10-28-16/h1-4,10,12H,5-9,11H2,(H,21,24). The number of piperazine rings is 1. The minimum absolute atomic E-state index is 0.0638. The molecule has 2 heterocycles. The lowest BCUT2D eigenvalue weighted by atomic mass is 10.2. The van der Waals surface area contributed by atoms with E-state index in [-0.39, 0.29) is 60.7 Å². The zero-order valence-electron chi connectivity index (χ0n) is 15.3. The SMILES string of the molecule is O=C(NCCS(=O)(=O)N1CCN(C(=O)c2ccco2)CC1)c1ccc(Cl)cc1Cl. The first-order valence-electron chi connectivity index (χ1n) is 8.82. The molecule has 1 aliphatic rings. The number of nitrogens with one attached hydrogen (secondary N) is 1. The molecule has 0 aliphatic carbocycles. The number of hydrogen-bond donors (Lipinski definition) is 1. The van der Waals surface area contributed by atoms with Crippen LogP contribution >= 0.6 is 23.2 Å². The minimum atomic E-state index is -3.58. The van der Waals surface area contributed by atoms with Gasteiger partial charge in [-0.15, -0.1) is 0 Å². The smallest absolute Gasteiger partial charge is 0.289 e. The third-order valence-corrected chi connectivity index (χ3v) is 6.89. The van der Waals surface area contributed by atoms with Crippen LogP contribution < -0.4 is 5.32 Å². The first kappa shape index (κ1) is 21.6. The van der Waals surface area contributed by atoms with Gasteiger partial charge in [-0.05, 0) is 30.3 Å². The maximum absolute atomic E-state index is 12.5. The summed E-state index contributed by atoms with van der Waals surface area (Å²) in [6.07, 6.45) is 1.42. The number of sulfonamides is 1. The Morgan fingerprint density at radius 2 is 1.83 bits per heavy atom. The molecule has 11 heteroatoms. The number of rotatable bonds is 6. The molecule has 1 aliphatic heterocycles. The second-order valence-electron chi connectivity index (χ2n) is 6.36. The maximum Gasteiger partial charge on any atom is 0.289 e. The molecule has 0 unspecified atom stereocenters. The molecule has 3 rings (SSSR count). The van der Waals surface area contributed by atoms with Gasteiger partial charge in [0.2, 0.25) is 10.0 Å². The van der Waals surface area contributed by atoms with Crippen molar-refractivity contribution >= 4 is 45.0 Å². The molecule has 156 valence electrons. The van der Waals surface area contributed by atoms with Crippen molar-refractivity contribution < 1.29 is 22.4 Å². The van der Waals surface area contributed by atoms with Crippen LogP contribution in [-0.4, -0.2) is 67.9 Å². The molecular weight excluding hydrogens is 441 g/mol. The molecule has 1 saturated heterocycles. The molecule has 1 aromatic heterocycles. The number of carbonyl (C=O) groups excluding carboxylic acids is 2. The van der Waals surface area contributed by atoms with Crippen molar-refractivity contribution in [1.29, 1.82) is 0 Å². The van der Waals surface area contributed by atoms with Gasteiger partial charge in [0, 0.05) is 37.7 Å². The Labute approximate surface area is 178 Å². The van der Waals surface area contributed by atoms with Gasteiger partial charge in [-0.1, -0.05) is 23.2 Å². The first-order valence-corrected chi connectivity index (χ1v) is 11.2. The fourth-order valence-corrected chi connectivity index (χ4v) is 4.75. The Hall–Kier alpha value is -2.07. The molecule has 2 aromatic rings. The van der Waals surface area contributed by atoms with E-state index in [9.17, 15) is 18.0 Å². The highest BCUT2D eigenvalue weighted by atomic mass is 35.5. The topological polar surface area (TPSA) is 99.9 Å². The summed E-state index contributed by atoms with van der Waals surface area (Å²) < 4.78 is 31.5. The van der Waals surface area contributed by atoms with Crippen molar-refractivity contribution in [3.63, 3.8) is 0 Å². The molecule has 0 atom stereocenters. The molecule has 1 aromatic carbocycles. The van der Waals surface area contributed by atoms with Crippen LogP contribution in [0, 0.1) is 0 Å². The van der Waals surface area contributed by atoms with E-state index in [1.165, 1.54) is 28.8 Å². The van der Waals surface area contributed by atoms with Crippen LogP contribution in [0.15, 0.2) is 41.0 Å². The van der Waals surface area contributed by atoms with Gasteiger partial charge in [-0.2, -0.15) is 4.31 Å². The fourth-order valence-electron chi connectivity index (χ4n) is 2.92. The number of hydrogen-bond acceptors (Lipinski definition) is 5. The molecule has 2 amide bonds. The van der Waals surface area contributed by atoms with Crippen LogP contribution in [-0.2, 0) is 10.0 Å².